The zero-order valence-electron chi connectivity index (χ0n) is 14.7. The molecule has 2 aromatic rings. The maximum absolute atomic E-state index is 12.5. The molecule has 6 nitrogen and oxygen atoms in total. The van der Waals surface area contributed by atoms with Crippen molar-refractivity contribution < 1.29 is 14.5 Å². The molecule has 0 saturated heterocycles. The summed E-state index contributed by atoms with van der Waals surface area (Å²) in [5.41, 5.74) is 2.73. The lowest BCUT2D eigenvalue weighted by atomic mass is 10.1. The number of carbonyl (C=O) groups is 1. The highest BCUT2D eigenvalue weighted by Crippen LogP contribution is 2.32. The van der Waals surface area contributed by atoms with Gasteiger partial charge >= 0.3 is 0 Å². The van der Waals surface area contributed by atoms with Gasteiger partial charge in [0, 0.05) is 4.90 Å². The SMILES string of the molecule is COc1ccc(NC(=O)[C@H](C)Sc2ccc3c(c2)CCC3)c([N+](=O)[O-])c1. The zero-order chi connectivity index (χ0) is 18.7. The van der Waals surface area contributed by atoms with Gasteiger partial charge in [0.2, 0.25) is 5.91 Å². The van der Waals surface area contributed by atoms with E-state index < -0.39 is 4.92 Å². The number of hydrogen-bond acceptors (Lipinski definition) is 5. The molecule has 0 unspecified atom stereocenters. The first-order valence-corrected chi connectivity index (χ1v) is 9.27. The molecule has 2 aromatic carbocycles. The second-order valence-electron chi connectivity index (χ2n) is 6.17. The van der Waals surface area contributed by atoms with Gasteiger partial charge in [-0.25, -0.2) is 0 Å². The van der Waals surface area contributed by atoms with Gasteiger partial charge in [-0.05, 0) is 61.6 Å². The fourth-order valence-corrected chi connectivity index (χ4v) is 3.94. The number of amides is 1. The Morgan fingerprint density at radius 1 is 1.23 bits per heavy atom. The Hall–Kier alpha value is -2.54. The minimum atomic E-state index is -0.531. The summed E-state index contributed by atoms with van der Waals surface area (Å²) < 4.78 is 5.01. The van der Waals surface area contributed by atoms with Crippen LogP contribution in [0, 0.1) is 10.1 Å². The van der Waals surface area contributed by atoms with Crippen LogP contribution in [-0.2, 0) is 17.6 Å². The molecule has 0 heterocycles. The Kier molecular flexibility index (Phi) is 5.46. The van der Waals surface area contributed by atoms with Crippen molar-refractivity contribution in [2.24, 2.45) is 0 Å². The molecule has 136 valence electrons. The molecule has 26 heavy (non-hydrogen) atoms. The summed E-state index contributed by atoms with van der Waals surface area (Å²) in [6, 6.07) is 10.7. The predicted molar refractivity (Wildman–Crippen MR) is 102 cm³/mol. The van der Waals surface area contributed by atoms with Gasteiger partial charge in [-0.15, -0.1) is 11.8 Å². The average Bonchev–Trinajstić information content (AvgIpc) is 3.09. The lowest BCUT2D eigenvalue weighted by Gasteiger charge is -2.13. The molecule has 3 rings (SSSR count). The van der Waals surface area contributed by atoms with Gasteiger partial charge in [-0.3, -0.25) is 14.9 Å². The molecule has 0 saturated carbocycles. The quantitative estimate of drug-likeness (QED) is 0.467. The number of fused-ring (bicyclic) bond motifs is 1. The van der Waals surface area contributed by atoms with Crippen LogP contribution >= 0.6 is 11.8 Å². The first-order chi connectivity index (χ1) is 12.5. The third kappa shape index (κ3) is 3.99. The fourth-order valence-electron chi connectivity index (χ4n) is 3.01. The number of hydrogen-bond donors (Lipinski definition) is 1. The number of methoxy groups -OCH3 is 1. The van der Waals surface area contributed by atoms with Gasteiger partial charge in [-0.1, -0.05) is 6.07 Å². The van der Waals surface area contributed by atoms with E-state index in [0.29, 0.717) is 5.75 Å². The van der Waals surface area contributed by atoms with Crippen molar-refractivity contribution in [3.8, 4) is 5.75 Å². The molecule has 1 atom stereocenters. The maximum Gasteiger partial charge on any atom is 0.296 e. The van der Waals surface area contributed by atoms with Crippen LogP contribution in [-0.4, -0.2) is 23.2 Å². The van der Waals surface area contributed by atoms with E-state index in [-0.39, 0.29) is 22.5 Å². The highest BCUT2D eigenvalue weighted by Gasteiger charge is 2.21. The standard InChI is InChI=1S/C19H20N2O4S/c1-12(26-16-8-6-13-4-3-5-14(13)10-16)19(22)20-17-9-7-15(25-2)11-18(17)21(23)24/h6-12H,3-5H2,1-2H3,(H,20,22)/t12-/m0/s1. The van der Waals surface area contributed by atoms with E-state index in [1.54, 1.807) is 13.0 Å². The molecular formula is C19H20N2O4S. The molecule has 1 aliphatic rings. The van der Waals surface area contributed by atoms with E-state index in [1.165, 1.54) is 48.6 Å². The second-order valence-corrected chi connectivity index (χ2v) is 7.59. The topological polar surface area (TPSA) is 81.5 Å². The van der Waals surface area contributed by atoms with Crippen LogP contribution in [0.5, 0.6) is 5.75 Å². The van der Waals surface area contributed by atoms with Crippen LogP contribution in [0.25, 0.3) is 0 Å². The zero-order valence-corrected chi connectivity index (χ0v) is 15.5. The highest BCUT2D eigenvalue weighted by atomic mass is 32.2. The van der Waals surface area contributed by atoms with E-state index in [4.69, 9.17) is 4.74 Å². The number of ether oxygens (including phenoxy) is 1. The second kappa shape index (κ2) is 7.78. The lowest BCUT2D eigenvalue weighted by Crippen LogP contribution is -2.22. The monoisotopic (exact) mass is 372 g/mol. The number of nitro benzene ring substituents is 1. The Morgan fingerprint density at radius 3 is 2.73 bits per heavy atom. The molecule has 0 spiro atoms. The van der Waals surface area contributed by atoms with Crippen molar-refractivity contribution in [3.63, 3.8) is 0 Å². The van der Waals surface area contributed by atoms with Gasteiger partial charge < -0.3 is 10.1 Å². The van der Waals surface area contributed by atoms with E-state index in [0.717, 1.165) is 17.7 Å². The number of benzene rings is 2. The number of rotatable bonds is 6. The number of aryl methyl sites for hydroxylation is 2. The van der Waals surface area contributed by atoms with E-state index >= 15 is 0 Å². The molecule has 0 radical (unpaired) electrons. The third-order valence-corrected chi connectivity index (χ3v) is 5.51. The summed E-state index contributed by atoms with van der Waals surface area (Å²) in [6.45, 7) is 1.79. The first-order valence-electron chi connectivity index (χ1n) is 8.39. The van der Waals surface area contributed by atoms with Crippen molar-refractivity contribution in [2.75, 3.05) is 12.4 Å². The van der Waals surface area contributed by atoms with Crippen LogP contribution in [0.4, 0.5) is 11.4 Å². The smallest absolute Gasteiger partial charge is 0.296 e. The number of nitrogens with one attached hydrogen (secondary N) is 1. The lowest BCUT2D eigenvalue weighted by molar-refractivity contribution is -0.384. The molecule has 0 fully saturated rings. The number of thioether (sulfide) groups is 1. The molecule has 0 bridgehead atoms. The Balaban J connectivity index is 1.70. The van der Waals surface area contributed by atoms with Crippen LogP contribution in [0.3, 0.4) is 0 Å². The van der Waals surface area contributed by atoms with E-state index in [9.17, 15) is 14.9 Å². The summed E-state index contributed by atoms with van der Waals surface area (Å²) in [4.78, 5) is 24.2. The van der Waals surface area contributed by atoms with Gasteiger partial charge in [-0.2, -0.15) is 0 Å². The molecule has 0 aliphatic heterocycles. The fraction of sp³-hybridized carbons (Fsp3) is 0.316. The van der Waals surface area contributed by atoms with Crippen molar-refractivity contribution in [2.45, 2.75) is 36.3 Å². The summed E-state index contributed by atoms with van der Waals surface area (Å²) in [5, 5.41) is 13.5. The predicted octanol–water partition coefficient (Wildman–Crippen LogP) is 4.21. The minimum Gasteiger partial charge on any atom is -0.496 e. The summed E-state index contributed by atoms with van der Waals surface area (Å²) >= 11 is 1.45. The van der Waals surface area contributed by atoms with Crippen LogP contribution in [0.15, 0.2) is 41.3 Å². The Morgan fingerprint density at radius 2 is 2.00 bits per heavy atom. The van der Waals surface area contributed by atoms with Crippen molar-refractivity contribution in [1.82, 2.24) is 0 Å². The number of anilines is 1. The number of carbonyl (C=O) groups excluding carboxylic acids is 1. The van der Waals surface area contributed by atoms with Gasteiger partial charge in [0.1, 0.15) is 11.4 Å². The normalized spacial score (nSPS) is 13.8. The van der Waals surface area contributed by atoms with E-state index in [1.807, 2.05) is 6.07 Å². The first kappa shape index (κ1) is 18.3. The van der Waals surface area contributed by atoms with Crippen LogP contribution in [0.2, 0.25) is 0 Å². The summed E-state index contributed by atoms with van der Waals surface area (Å²) in [5.74, 6) is 0.0963. The van der Waals surface area contributed by atoms with Crippen molar-refractivity contribution >= 4 is 29.0 Å². The minimum absolute atomic E-state index is 0.169. The average molecular weight is 372 g/mol. The largest absolute Gasteiger partial charge is 0.496 e. The molecule has 1 aliphatic carbocycles. The highest BCUT2D eigenvalue weighted by molar-refractivity contribution is 8.00. The molecule has 1 amide bonds. The molecule has 1 N–H and O–H groups in total. The summed E-state index contributed by atoms with van der Waals surface area (Å²) in [7, 11) is 1.44. The van der Waals surface area contributed by atoms with Crippen molar-refractivity contribution in [1.29, 1.82) is 0 Å². The molecule has 0 aromatic heterocycles. The third-order valence-electron chi connectivity index (χ3n) is 4.41. The number of nitro groups is 1. The molecule has 7 heteroatoms. The Labute approximate surface area is 156 Å². The number of nitrogens with zero attached hydrogens (tertiary/aromatic N) is 1. The van der Waals surface area contributed by atoms with Gasteiger partial charge in [0.25, 0.3) is 5.69 Å². The van der Waals surface area contributed by atoms with Crippen molar-refractivity contribution in [3.05, 3.63) is 57.6 Å². The molecular weight excluding hydrogens is 352 g/mol. The maximum atomic E-state index is 12.5. The van der Waals surface area contributed by atoms with Gasteiger partial charge in [0.05, 0.1) is 23.3 Å². The van der Waals surface area contributed by atoms with Gasteiger partial charge in [0.15, 0.2) is 0 Å². The van der Waals surface area contributed by atoms with Crippen LogP contribution in [0.1, 0.15) is 24.5 Å². The van der Waals surface area contributed by atoms with E-state index in [2.05, 4.69) is 17.4 Å². The Bertz CT molecular complexity index is 853. The summed E-state index contributed by atoms with van der Waals surface area (Å²) in [6.07, 6.45) is 3.39. The van der Waals surface area contributed by atoms with Crippen LogP contribution < -0.4 is 10.1 Å².